The van der Waals surface area contributed by atoms with Crippen molar-refractivity contribution in [1.29, 1.82) is 0 Å². The van der Waals surface area contributed by atoms with Crippen LogP contribution in [-0.4, -0.2) is 12.0 Å². The highest BCUT2D eigenvalue weighted by molar-refractivity contribution is 9.10. The first-order valence-electron chi connectivity index (χ1n) is 5.45. The summed E-state index contributed by atoms with van der Waals surface area (Å²) < 4.78 is 1.11. The van der Waals surface area contributed by atoms with Crippen molar-refractivity contribution in [1.82, 2.24) is 4.98 Å². The Morgan fingerprint density at radius 2 is 1.82 bits per heavy atom. The molecule has 0 amide bonds. The van der Waals surface area contributed by atoms with Crippen molar-refractivity contribution in [2.75, 3.05) is 12.4 Å². The predicted octanol–water partition coefficient (Wildman–Crippen LogP) is 4.19. The molecule has 0 saturated heterocycles. The normalized spacial score (nSPS) is 10.9. The van der Waals surface area contributed by atoms with E-state index >= 15 is 0 Å². The van der Waals surface area contributed by atoms with Crippen LogP contribution in [0.3, 0.4) is 0 Å². The number of aromatic nitrogens is 1. The third-order valence-electron chi connectivity index (χ3n) is 2.90. The van der Waals surface area contributed by atoms with Gasteiger partial charge in [0.1, 0.15) is 5.82 Å². The van der Waals surface area contributed by atoms with E-state index in [4.69, 9.17) is 0 Å². The highest BCUT2D eigenvalue weighted by Gasteiger charge is 2.05. The number of halogens is 1. The number of hydrogen-bond acceptors (Lipinski definition) is 2. The smallest absolute Gasteiger partial charge is 0.126 e. The van der Waals surface area contributed by atoms with Gasteiger partial charge in [0.2, 0.25) is 0 Å². The minimum atomic E-state index is 0.893. The van der Waals surface area contributed by atoms with Gasteiger partial charge in [-0.3, -0.25) is 0 Å². The SMILES string of the molecule is CNc1ccc2cc(Br)c3ccccc3c2n1. The predicted molar refractivity (Wildman–Crippen MR) is 76.5 cm³/mol. The van der Waals surface area contributed by atoms with Crippen molar-refractivity contribution in [2.24, 2.45) is 0 Å². The molecule has 0 fully saturated rings. The van der Waals surface area contributed by atoms with Crippen LogP contribution < -0.4 is 5.32 Å². The van der Waals surface area contributed by atoms with Gasteiger partial charge in [0.25, 0.3) is 0 Å². The van der Waals surface area contributed by atoms with Crippen molar-refractivity contribution >= 4 is 43.4 Å². The Hall–Kier alpha value is -1.61. The first kappa shape index (κ1) is 10.5. The van der Waals surface area contributed by atoms with Crippen LogP contribution in [0, 0.1) is 0 Å². The van der Waals surface area contributed by atoms with E-state index < -0.39 is 0 Å². The number of benzene rings is 2. The quantitative estimate of drug-likeness (QED) is 0.679. The van der Waals surface area contributed by atoms with Crippen molar-refractivity contribution in [3.05, 3.63) is 46.9 Å². The van der Waals surface area contributed by atoms with E-state index in [2.05, 4.69) is 50.5 Å². The Morgan fingerprint density at radius 1 is 1.06 bits per heavy atom. The van der Waals surface area contributed by atoms with Crippen LogP contribution in [0.4, 0.5) is 5.82 Å². The van der Waals surface area contributed by atoms with Crippen molar-refractivity contribution in [2.45, 2.75) is 0 Å². The molecule has 1 aromatic heterocycles. The Kier molecular flexibility index (Phi) is 2.48. The zero-order valence-corrected chi connectivity index (χ0v) is 11.0. The highest BCUT2D eigenvalue weighted by atomic mass is 79.9. The summed E-state index contributed by atoms with van der Waals surface area (Å²) in [6, 6.07) is 14.5. The maximum absolute atomic E-state index is 4.63. The summed E-state index contributed by atoms with van der Waals surface area (Å²) in [5.74, 6) is 0.893. The molecule has 3 heteroatoms. The first-order chi connectivity index (χ1) is 8.29. The monoisotopic (exact) mass is 286 g/mol. The second kappa shape index (κ2) is 4.00. The molecule has 0 bridgehead atoms. The Labute approximate surface area is 108 Å². The number of anilines is 1. The van der Waals surface area contributed by atoms with E-state index in [0.29, 0.717) is 0 Å². The number of nitrogens with one attached hydrogen (secondary N) is 1. The lowest BCUT2D eigenvalue weighted by atomic mass is 10.1. The van der Waals surface area contributed by atoms with Gasteiger partial charge in [-0.1, -0.05) is 40.2 Å². The number of rotatable bonds is 1. The Morgan fingerprint density at radius 3 is 2.59 bits per heavy atom. The molecule has 17 heavy (non-hydrogen) atoms. The number of pyridine rings is 1. The molecule has 84 valence electrons. The van der Waals surface area contributed by atoms with E-state index in [0.717, 1.165) is 21.2 Å². The minimum absolute atomic E-state index is 0.893. The van der Waals surface area contributed by atoms with Crippen molar-refractivity contribution in [3.8, 4) is 0 Å². The molecule has 0 unspecified atom stereocenters. The molecule has 0 spiro atoms. The zero-order valence-electron chi connectivity index (χ0n) is 9.37. The summed E-state index contributed by atoms with van der Waals surface area (Å²) in [6.45, 7) is 0. The zero-order chi connectivity index (χ0) is 11.8. The molecular weight excluding hydrogens is 276 g/mol. The van der Waals surface area contributed by atoms with Crippen molar-refractivity contribution in [3.63, 3.8) is 0 Å². The molecule has 0 aliphatic heterocycles. The molecule has 0 saturated carbocycles. The van der Waals surface area contributed by atoms with E-state index in [1.54, 1.807) is 0 Å². The molecule has 1 N–H and O–H groups in total. The average molecular weight is 287 g/mol. The van der Waals surface area contributed by atoms with Crippen LogP contribution in [-0.2, 0) is 0 Å². The summed E-state index contributed by atoms with van der Waals surface area (Å²) >= 11 is 3.61. The molecule has 0 radical (unpaired) electrons. The molecule has 2 aromatic carbocycles. The van der Waals surface area contributed by atoms with Gasteiger partial charge in [0.05, 0.1) is 5.52 Å². The highest BCUT2D eigenvalue weighted by Crippen LogP contribution is 2.31. The maximum atomic E-state index is 4.63. The molecule has 0 atom stereocenters. The van der Waals surface area contributed by atoms with Crippen LogP contribution >= 0.6 is 15.9 Å². The number of nitrogens with zero attached hydrogens (tertiary/aromatic N) is 1. The van der Waals surface area contributed by atoms with Crippen LogP contribution in [0.2, 0.25) is 0 Å². The third-order valence-corrected chi connectivity index (χ3v) is 3.56. The molecule has 0 aliphatic carbocycles. The van der Waals surface area contributed by atoms with Crippen LogP contribution in [0.1, 0.15) is 0 Å². The summed E-state index contributed by atoms with van der Waals surface area (Å²) in [5, 5.41) is 6.59. The molecule has 1 heterocycles. The first-order valence-corrected chi connectivity index (χ1v) is 6.24. The van der Waals surface area contributed by atoms with Crippen LogP contribution in [0.5, 0.6) is 0 Å². The number of fused-ring (bicyclic) bond motifs is 3. The fourth-order valence-corrected chi connectivity index (χ4v) is 2.65. The number of hydrogen-bond donors (Lipinski definition) is 1. The third kappa shape index (κ3) is 1.67. The maximum Gasteiger partial charge on any atom is 0.126 e. The summed E-state index contributed by atoms with van der Waals surface area (Å²) in [7, 11) is 1.88. The van der Waals surface area contributed by atoms with E-state index in [1.807, 2.05) is 25.2 Å². The van der Waals surface area contributed by atoms with Gasteiger partial charge in [-0.2, -0.15) is 0 Å². The summed E-state index contributed by atoms with van der Waals surface area (Å²) in [6.07, 6.45) is 0. The van der Waals surface area contributed by atoms with E-state index in [1.165, 1.54) is 10.8 Å². The molecule has 3 aromatic rings. The molecular formula is C14H11BrN2. The van der Waals surface area contributed by atoms with Gasteiger partial charge < -0.3 is 5.32 Å². The van der Waals surface area contributed by atoms with Gasteiger partial charge in [-0.15, -0.1) is 0 Å². The van der Waals surface area contributed by atoms with Crippen molar-refractivity contribution < 1.29 is 0 Å². The molecule has 3 rings (SSSR count). The van der Waals surface area contributed by atoms with Crippen LogP contribution in [0.25, 0.3) is 21.7 Å². The lowest BCUT2D eigenvalue weighted by Gasteiger charge is -2.07. The van der Waals surface area contributed by atoms with E-state index in [-0.39, 0.29) is 0 Å². The van der Waals surface area contributed by atoms with Crippen LogP contribution in [0.15, 0.2) is 46.9 Å². The molecule has 2 nitrogen and oxygen atoms in total. The average Bonchev–Trinajstić information content (AvgIpc) is 2.39. The largest absolute Gasteiger partial charge is 0.373 e. The standard InChI is InChI=1S/C14H11BrN2/c1-16-13-7-6-9-8-12(15)10-4-2-3-5-11(10)14(9)17-13/h2-8H,1H3,(H,16,17). The lowest BCUT2D eigenvalue weighted by Crippen LogP contribution is -1.92. The second-order valence-corrected chi connectivity index (χ2v) is 4.78. The van der Waals surface area contributed by atoms with Gasteiger partial charge in [-0.05, 0) is 23.6 Å². The Balaban J connectivity index is 2.51. The lowest BCUT2D eigenvalue weighted by molar-refractivity contribution is 1.35. The van der Waals surface area contributed by atoms with Gasteiger partial charge >= 0.3 is 0 Å². The Bertz CT molecular complexity index is 707. The summed E-state index contributed by atoms with van der Waals surface area (Å²) in [5.41, 5.74) is 1.04. The summed E-state index contributed by atoms with van der Waals surface area (Å²) in [4.78, 5) is 4.63. The minimum Gasteiger partial charge on any atom is -0.373 e. The fourth-order valence-electron chi connectivity index (χ4n) is 2.05. The topological polar surface area (TPSA) is 24.9 Å². The molecule has 0 aliphatic rings. The second-order valence-electron chi connectivity index (χ2n) is 3.92. The van der Waals surface area contributed by atoms with Gasteiger partial charge in [0, 0.05) is 22.3 Å². The van der Waals surface area contributed by atoms with Gasteiger partial charge in [-0.25, -0.2) is 4.98 Å². The van der Waals surface area contributed by atoms with E-state index in [9.17, 15) is 0 Å². The van der Waals surface area contributed by atoms with Gasteiger partial charge in [0.15, 0.2) is 0 Å². The fraction of sp³-hybridized carbons (Fsp3) is 0.0714.